The smallest absolute Gasteiger partial charge is 0.224 e. The summed E-state index contributed by atoms with van der Waals surface area (Å²) >= 11 is 5.96. The lowest BCUT2D eigenvalue weighted by molar-refractivity contribution is -0.120. The normalized spacial score (nSPS) is 10.7. The molecule has 2 N–H and O–H groups in total. The average molecular weight is 329 g/mol. The largest absolute Gasteiger partial charge is 0.497 e. The van der Waals surface area contributed by atoms with Gasteiger partial charge in [0.1, 0.15) is 5.75 Å². The Hall–Kier alpha value is -2.46. The lowest BCUT2D eigenvalue weighted by atomic mass is 10.1. The van der Waals surface area contributed by atoms with Gasteiger partial charge < -0.3 is 15.0 Å². The zero-order chi connectivity index (χ0) is 16.2. The summed E-state index contributed by atoms with van der Waals surface area (Å²) in [7, 11) is 1.63. The van der Waals surface area contributed by atoms with Gasteiger partial charge in [0.25, 0.3) is 0 Å². The van der Waals surface area contributed by atoms with Gasteiger partial charge in [0.2, 0.25) is 5.91 Å². The Balaban J connectivity index is 1.62. The van der Waals surface area contributed by atoms with Crippen molar-refractivity contribution < 1.29 is 9.53 Å². The summed E-state index contributed by atoms with van der Waals surface area (Å²) in [6, 6.07) is 13.3. The standard InChI is InChI=1S/C18H17ClN2O2/c1-23-15-5-2-12(3-6-15)10-21-18(22)8-13-11-20-17-9-14(19)4-7-16(13)17/h2-7,9,11,20H,8,10H2,1H3,(H,21,22). The summed E-state index contributed by atoms with van der Waals surface area (Å²) in [5.41, 5.74) is 2.93. The van der Waals surface area contributed by atoms with E-state index >= 15 is 0 Å². The monoisotopic (exact) mass is 328 g/mol. The lowest BCUT2D eigenvalue weighted by Crippen LogP contribution is -2.24. The second-order valence-electron chi connectivity index (χ2n) is 5.31. The average Bonchev–Trinajstić information content (AvgIpc) is 2.95. The Kier molecular flexibility index (Phi) is 4.53. The van der Waals surface area contributed by atoms with Gasteiger partial charge >= 0.3 is 0 Å². The minimum atomic E-state index is -0.0170. The molecule has 5 heteroatoms. The van der Waals surface area contributed by atoms with E-state index in [2.05, 4.69) is 10.3 Å². The van der Waals surface area contributed by atoms with Gasteiger partial charge in [-0.25, -0.2) is 0 Å². The highest BCUT2D eigenvalue weighted by atomic mass is 35.5. The van der Waals surface area contributed by atoms with E-state index in [4.69, 9.17) is 16.3 Å². The van der Waals surface area contributed by atoms with Gasteiger partial charge in [0.05, 0.1) is 13.5 Å². The second kappa shape index (κ2) is 6.75. The minimum Gasteiger partial charge on any atom is -0.497 e. The lowest BCUT2D eigenvalue weighted by Gasteiger charge is -2.06. The first-order valence-electron chi connectivity index (χ1n) is 7.31. The van der Waals surface area contributed by atoms with Crippen molar-refractivity contribution >= 4 is 28.4 Å². The van der Waals surface area contributed by atoms with Gasteiger partial charge in [-0.3, -0.25) is 4.79 Å². The Labute approximate surface area is 139 Å². The summed E-state index contributed by atoms with van der Waals surface area (Å²) in [6.07, 6.45) is 2.19. The molecule has 0 unspecified atom stereocenters. The fourth-order valence-corrected chi connectivity index (χ4v) is 2.66. The fraction of sp³-hybridized carbons (Fsp3) is 0.167. The number of carbonyl (C=O) groups excluding carboxylic acids is 1. The number of ether oxygens (including phenoxy) is 1. The molecular formula is C18H17ClN2O2. The van der Waals surface area contributed by atoms with E-state index in [1.165, 1.54) is 0 Å². The van der Waals surface area contributed by atoms with Crippen molar-refractivity contribution in [2.24, 2.45) is 0 Å². The van der Waals surface area contributed by atoms with Gasteiger partial charge in [-0.05, 0) is 35.4 Å². The van der Waals surface area contributed by atoms with Crippen molar-refractivity contribution in [1.82, 2.24) is 10.3 Å². The van der Waals surface area contributed by atoms with Crippen molar-refractivity contribution in [2.75, 3.05) is 7.11 Å². The summed E-state index contributed by atoms with van der Waals surface area (Å²) in [5.74, 6) is 0.786. The number of aromatic nitrogens is 1. The first-order valence-corrected chi connectivity index (χ1v) is 7.68. The number of hydrogen-bond donors (Lipinski definition) is 2. The highest BCUT2D eigenvalue weighted by molar-refractivity contribution is 6.31. The Morgan fingerprint density at radius 2 is 2.00 bits per heavy atom. The quantitative estimate of drug-likeness (QED) is 0.750. The maximum atomic E-state index is 12.1. The maximum Gasteiger partial charge on any atom is 0.224 e. The Bertz CT molecular complexity index is 825. The van der Waals surface area contributed by atoms with Crippen LogP contribution in [0, 0.1) is 0 Å². The zero-order valence-electron chi connectivity index (χ0n) is 12.7. The molecule has 1 heterocycles. The van der Waals surface area contributed by atoms with E-state index in [1.54, 1.807) is 7.11 Å². The van der Waals surface area contributed by atoms with Gasteiger partial charge in [0.15, 0.2) is 0 Å². The van der Waals surface area contributed by atoms with Crippen molar-refractivity contribution in [2.45, 2.75) is 13.0 Å². The van der Waals surface area contributed by atoms with Crippen LogP contribution in [0.1, 0.15) is 11.1 Å². The van der Waals surface area contributed by atoms with Crippen LogP contribution in [-0.4, -0.2) is 18.0 Å². The van der Waals surface area contributed by atoms with Crippen LogP contribution in [0.3, 0.4) is 0 Å². The first-order chi connectivity index (χ1) is 11.2. The molecule has 2 aromatic carbocycles. The van der Waals surface area contributed by atoms with Crippen molar-refractivity contribution in [3.8, 4) is 5.75 Å². The molecule has 3 rings (SSSR count). The topological polar surface area (TPSA) is 54.1 Å². The number of benzene rings is 2. The number of nitrogens with one attached hydrogen (secondary N) is 2. The van der Waals surface area contributed by atoms with Crippen molar-refractivity contribution in [1.29, 1.82) is 0 Å². The third-order valence-corrected chi connectivity index (χ3v) is 3.96. The molecule has 1 aromatic heterocycles. The van der Waals surface area contributed by atoms with Crippen LogP contribution in [0.4, 0.5) is 0 Å². The molecule has 4 nitrogen and oxygen atoms in total. The predicted molar refractivity (Wildman–Crippen MR) is 91.9 cm³/mol. The first kappa shape index (κ1) is 15.4. The number of fused-ring (bicyclic) bond motifs is 1. The second-order valence-corrected chi connectivity index (χ2v) is 5.74. The molecule has 0 spiro atoms. The number of carbonyl (C=O) groups is 1. The van der Waals surface area contributed by atoms with Crippen LogP contribution in [-0.2, 0) is 17.8 Å². The molecule has 0 aliphatic rings. The molecule has 0 saturated carbocycles. The van der Waals surface area contributed by atoms with Crippen LogP contribution in [0.2, 0.25) is 5.02 Å². The summed E-state index contributed by atoms with van der Waals surface area (Å²) in [5, 5.41) is 4.63. The maximum absolute atomic E-state index is 12.1. The highest BCUT2D eigenvalue weighted by Crippen LogP contribution is 2.22. The summed E-state index contributed by atoms with van der Waals surface area (Å²) in [6.45, 7) is 0.497. The van der Waals surface area contributed by atoms with Crippen LogP contribution in [0.25, 0.3) is 10.9 Å². The third-order valence-electron chi connectivity index (χ3n) is 3.73. The van der Waals surface area contributed by atoms with Crippen molar-refractivity contribution in [3.05, 3.63) is 64.8 Å². The van der Waals surface area contributed by atoms with E-state index < -0.39 is 0 Å². The molecule has 0 aliphatic heterocycles. The molecule has 3 aromatic rings. The van der Waals surface area contributed by atoms with E-state index in [9.17, 15) is 4.79 Å². The molecule has 0 radical (unpaired) electrons. The van der Waals surface area contributed by atoms with Crippen LogP contribution < -0.4 is 10.1 Å². The molecule has 0 atom stereocenters. The summed E-state index contributed by atoms with van der Waals surface area (Å²) in [4.78, 5) is 15.3. The van der Waals surface area contributed by atoms with E-state index in [0.717, 1.165) is 27.8 Å². The molecule has 0 bridgehead atoms. The van der Waals surface area contributed by atoms with E-state index in [0.29, 0.717) is 18.0 Å². The molecule has 118 valence electrons. The number of halogens is 1. The SMILES string of the molecule is COc1ccc(CNC(=O)Cc2c[nH]c3cc(Cl)ccc23)cc1. The Morgan fingerprint density at radius 3 is 2.74 bits per heavy atom. The third kappa shape index (κ3) is 3.66. The summed E-state index contributed by atoms with van der Waals surface area (Å²) < 4.78 is 5.11. The number of methoxy groups -OCH3 is 1. The van der Waals surface area contributed by atoms with E-state index in [1.807, 2.05) is 48.7 Å². The molecular weight excluding hydrogens is 312 g/mol. The fourth-order valence-electron chi connectivity index (χ4n) is 2.48. The number of amides is 1. The van der Waals surface area contributed by atoms with Gasteiger partial charge in [-0.2, -0.15) is 0 Å². The zero-order valence-corrected chi connectivity index (χ0v) is 13.5. The minimum absolute atomic E-state index is 0.0170. The van der Waals surface area contributed by atoms with Crippen LogP contribution in [0.5, 0.6) is 5.75 Å². The molecule has 23 heavy (non-hydrogen) atoms. The van der Waals surface area contributed by atoms with Crippen LogP contribution >= 0.6 is 11.6 Å². The van der Waals surface area contributed by atoms with Crippen LogP contribution in [0.15, 0.2) is 48.7 Å². The Morgan fingerprint density at radius 1 is 1.22 bits per heavy atom. The van der Waals surface area contributed by atoms with Gasteiger partial charge in [0, 0.05) is 28.7 Å². The molecule has 1 amide bonds. The number of H-pyrrole nitrogens is 1. The number of hydrogen-bond acceptors (Lipinski definition) is 2. The van der Waals surface area contributed by atoms with Crippen molar-refractivity contribution in [3.63, 3.8) is 0 Å². The number of aromatic amines is 1. The molecule has 0 aliphatic carbocycles. The highest BCUT2D eigenvalue weighted by Gasteiger charge is 2.09. The van der Waals surface area contributed by atoms with Gasteiger partial charge in [-0.15, -0.1) is 0 Å². The predicted octanol–water partition coefficient (Wildman–Crippen LogP) is 3.69. The number of rotatable bonds is 5. The van der Waals surface area contributed by atoms with E-state index in [-0.39, 0.29) is 5.91 Å². The van der Waals surface area contributed by atoms with Gasteiger partial charge in [-0.1, -0.05) is 29.8 Å². The molecule has 0 fully saturated rings. The molecule has 0 saturated heterocycles.